The second-order valence-electron chi connectivity index (χ2n) is 5.56. The highest BCUT2D eigenvalue weighted by Gasteiger charge is 2.28. The number of carbonyl (C=O) groups is 1. The van der Waals surface area contributed by atoms with E-state index in [2.05, 4.69) is 15.4 Å². The fourth-order valence-electron chi connectivity index (χ4n) is 2.34. The summed E-state index contributed by atoms with van der Waals surface area (Å²) in [6.45, 7) is 0.863. The Kier molecular flexibility index (Phi) is 3.97. The fraction of sp³-hybridized carbons (Fsp3) is 0.500. The van der Waals surface area contributed by atoms with Crippen LogP contribution in [0.4, 0.5) is 5.69 Å². The zero-order valence-corrected chi connectivity index (χ0v) is 12.4. The van der Waals surface area contributed by atoms with Gasteiger partial charge >= 0.3 is 0 Å². The molecule has 1 aromatic rings. The predicted octanol–water partition coefficient (Wildman–Crippen LogP) is 0.818. The Morgan fingerprint density at radius 1 is 1.14 bits per heavy atom. The lowest BCUT2D eigenvalue weighted by molar-refractivity contribution is -0.117. The van der Waals surface area contributed by atoms with Crippen molar-refractivity contribution in [3.63, 3.8) is 0 Å². The van der Waals surface area contributed by atoms with Gasteiger partial charge in [0.25, 0.3) is 0 Å². The van der Waals surface area contributed by atoms with E-state index in [4.69, 9.17) is 0 Å². The first-order valence-corrected chi connectivity index (χ1v) is 8.69. The Balaban J connectivity index is 1.64. The van der Waals surface area contributed by atoms with Crippen LogP contribution in [0.15, 0.2) is 29.2 Å². The molecule has 3 N–H and O–H groups in total. The minimum atomic E-state index is -3.43. The Hall–Kier alpha value is -1.44. The van der Waals surface area contributed by atoms with Crippen molar-refractivity contribution in [1.82, 2.24) is 10.0 Å². The van der Waals surface area contributed by atoms with Crippen LogP contribution >= 0.6 is 0 Å². The molecule has 21 heavy (non-hydrogen) atoms. The number of hydrogen-bond donors (Lipinski definition) is 3. The molecule has 1 saturated heterocycles. The molecule has 0 aromatic heterocycles. The molecule has 2 fully saturated rings. The van der Waals surface area contributed by atoms with Gasteiger partial charge in [0, 0.05) is 11.7 Å². The van der Waals surface area contributed by atoms with Crippen molar-refractivity contribution in [2.75, 3.05) is 11.9 Å². The molecule has 114 valence electrons. The lowest BCUT2D eigenvalue weighted by atomic mass is 10.2. The summed E-state index contributed by atoms with van der Waals surface area (Å²) in [5.74, 6) is -0.0702. The van der Waals surface area contributed by atoms with Crippen LogP contribution in [-0.2, 0) is 14.8 Å². The zero-order chi connectivity index (χ0) is 14.9. The lowest BCUT2D eigenvalue weighted by Gasteiger charge is -2.11. The van der Waals surface area contributed by atoms with Gasteiger partial charge in [0.15, 0.2) is 0 Å². The maximum atomic E-state index is 12.0. The molecule has 1 aliphatic heterocycles. The molecule has 0 spiro atoms. The van der Waals surface area contributed by atoms with Crippen molar-refractivity contribution >= 4 is 21.6 Å². The second-order valence-corrected chi connectivity index (χ2v) is 7.27. The van der Waals surface area contributed by atoms with Crippen molar-refractivity contribution in [3.8, 4) is 0 Å². The lowest BCUT2D eigenvalue weighted by Crippen LogP contribution is -2.35. The molecule has 0 radical (unpaired) electrons. The Morgan fingerprint density at radius 3 is 2.43 bits per heavy atom. The van der Waals surface area contributed by atoms with Crippen LogP contribution in [0.3, 0.4) is 0 Å². The average molecular weight is 309 g/mol. The maximum absolute atomic E-state index is 12.0. The number of benzene rings is 1. The SMILES string of the molecule is O=C(Nc1ccc(S(=O)(=O)NC2CC2)cc1)[C@H]1CCCN1. The molecule has 0 bridgehead atoms. The van der Waals surface area contributed by atoms with Gasteiger partial charge in [-0.3, -0.25) is 4.79 Å². The van der Waals surface area contributed by atoms with E-state index in [-0.39, 0.29) is 22.9 Å². The molecule has 1 amide bonds. The van der Waals surface area contributed by atoms with Crippen LogP contribution in [0, 0.1) is 0 Å². The maximum Gasteiger partial charge on any atom is 0.241 e. The zero-order valence-electron chi connectivity index (χ0n) is 11.6. The summed E-state index contributed by atoms with van der Waals surface area (Å²) in [5, 5.41) is 5.92. The number of carbonyl (C=O) groups excluding carboxylic acids is 1. The van der Waals surface area contributed by atoms with Crippen LogP contribution in [0.1, 0.15) is 25.7 Å². The topological polar surface area (TPSA) is 87.3 Å². The molecule has 6 nitrogen and oxygen atoms in total. The highest BCUT2D eigenvalue weighted by atomic mass is 32.2. The summed E-state index contributed by atoms with van der Waals surface area (Å²) in [5.41, 5.74) is 0.610. The molecule has 0 unspecified atom stereocenters. The summed E-state index contributed by atoms with van der Waals surface area (Å²) in [4.78, 5) is 12.2. The van der Waals surface area contributed by atoms with E-state index >= 15 is 0 Å². The first-order valence-electron chi connectivity index (χ1n) is 7.21. The largest absolute Gasteiger partial charge is 0.325 e. The van der Waals surface area contributed by atoms with Gasteiger partial charge in [-0.05, 0) is 56.5 Å². The number of amides is 1. The normalized spacial score (nSPS) is 22.2. The van der Waals surface area contributed by atoms with E-state index in [1.54, 1.807) is 12.1 Å². The minimum Gasteiger partial charge on any atom is -0.325 e. The number of hydrogen-bond acceptors (Lipinski definition) is 4. The highest BCUT2D eigenvalue weighted by molar-refractivity contribution is 7.89. The van der Waals surface area contributed by atoms with Gasteiger partial charge in [-0.1, -0.05) is 0 Å². The summed E-state index contributed by atoms with van der Waals surface area (Å²) in [6.07, 6.45) is 3.65. The fourth-order valence-corrected chi connectivity index (χ4v) is 3.65. The Labute approximate surface area is 124 Å². The standard InChI is InChI=1S/C14H19N3O3S/c18-14(13-2-1-9-15-13)16-10-5-7-12(8-6-10)21(19,20)17-11-3-4-11/h5-8,11,13,15,17H,1-4,9H2,(H,16,18)/t13-/m1/s1. The molecular formula is C14H19N3O3S. The molecule has 1 aliphatic carbocycles. The van der Waals surface area contributed by atoms with E-state index in [0.29, 0.717) is 5.69 Å². The van der Waals surface area contributed by atoms with Gasteiger partial charge < -0.3 is 10.6 Å². The van der Waals surface area contributed by atoms with Crippen LogP contribution in [0.25, 0.3) is 0 Å². The van der Waals surface area contributed by atoms with E-state index in [1.807, 2.05) is 0 Å². The highest BCUT2D eigenvalue weighted by Crippen LogP contribution is 2.23. The number of sulfonamides is 1. The molecule has 1 aromatic carbocycles. The van der Waals surface area contributed by atoms with Crippen molar-refractivity contribution in [1.29, 1.82) is 0 Å². The van der Waals surface area contributed by atoms with Gasteiger partial charge in [0.1, 0.15) is 0 Å². The number of anilines is 1. The summed E-state index contributed by atoms with van der Waals surface area (Å²) < 4.78 is 26.7. The first-order chi connectivity index (χ1) is 10.0. The van der Waals surface area contributed by atoms with Crippen LogP contribution in [-0.4, -0.2) is 33.0 Å². The number of rotatable bonds is 5. The van der Waals surface area contributed by atoms with Crippen LogP contribution in [0.2, 0.25) is 0 Å². The van der Waals surface area contributed by atoms with Crippen molar-refractivity contribution in [3.05, 3.63) is 24.3 Å². The average Bonchev–Trinajstić information content (AvgIpc) is 3.08. The Bertz CT molecular complexity index is 617. The molecule has 1 atom stereocenters. The monoisotopic (exact) mass is 309 g/mol. The van der Waals surface area contributed by atoms with Crippen LogP contribution in [0.5, 0.6) is 0 Å². The van der Waals surface area contributed by atoms with Gasteiger partial charge in [-0.2, -0.15) is 0 Å². The third kappa shape index (κ3) is 3.61. The molecule has 3 rings (SSSR count). The van der Waals surface area contributed by atoms with Gasteiger partial charge in [0.2, 0.25) is 15.9 Å². The molecular weight excluding hydrogens is 290 g/mol. The summed E-state index contributed by atoms with van der Waals surface area (Å²) in [7, 11) is -3.43. The quantitative estimate of drug-likeness (QED) is 0.751. The third-order valence-corrected chi connectivity index (χ3v) is 5.24. The van der Waals surface area contributed by atoms with Crippen molar-refractivity contribution < 1.29 is 13.2 Å². The second kappa shape index (κ2) is 5.75. The molecule has 1 heterocycles. The van der Waals surface area contributed by atoms with Crippen molar-refractivity contribution in [2.24, 2.45) is 0 Å². The number of nitrogens with one attached hydrogen (secondary N) is 3. The van der Waals surface area contributed by atoms with E-state index in [1.165, 1.54) is 12.1 Å². The molecule has 1 saturated carbocycles. The van der Waals surface area contributed by atoms with Gasteiger partial charge in [-0.15, -0.1) is 0 Å². The van der Waals surface area contributed by atoms with Gasteiger partial charge in [-0.25, -0.2) is 13.1 Å². The van der Waals surface area contributed by atoms with E-state index in [9.17, 15) is 13.2 Å². The van der Waals surface area contributed by atoms with Crippen LogP contribution < -0.4 is 15.4 Å². The van der Waals surface area contributed by atoms with Crippen molar-refractivity contribution in [2.45, 2.75) is 42.7 Å². The van der Waals surface area contributed by atoms with Gasteiger partial charge in [0.05, 0.1) is 10.9 Å². The summed E-state index contributed by atoms with van der Waals surface area (Å²) >= 11 is 0. The Morgan fingerprint density at radius 2 is 1.86 bits per heavy atom. The van der Waals surface area contributed by atoms with E-state index in [0.717, 1.165) is 32.2 Å². The summed E-state index contributed by atoms with van der Waals surface area (Å²) in [6, 6.07) is 6.21. The third-order valence-electron chi connectivity index (χ3n) is 3.71. The van der Waals surface area contributed by atoms with E-state index < -0.39 is 10.0 Å². The predicted molar refractivity (Wildman–Crippen MR) is 79.4 cm³/mol. The molecule has 2 aliphatic rings. The smallest absolute Gasteiger partial charge is 0.241 e. The first kappa shape index (κ1) is 14.5. The minimum absolute atomic E-state index is 0.0702. The molecule has 7 heteroatoms.